The van der Waals surface area contributed by atoms with Gasteiger partial charge >= 0.3 is 5.97 Å². The van der Waals surface area contributed by atoms with Crippen molar-refractivity contribution in [2.45, 2.75) is 25.7 Å². The number of rotatable bonds is 2. The predicted molar refractivity (Wildman–Crippen MR) is 59.7 cm³/mol. The number of fused-ring (bicyclic) bond motifs is 1. The molecule has 2 rings (SSSR count). The van der Waals surface area contributed by atoms with Crippen molar-refractivity contribution in [3.05, 3.63) is 41.2 Å². The van der Waals surface area contributed by atoms with E-state index in [1.54, 1.807) is 6.07 Å². The number of hydrogen-bond acceptors (Lipinski definition) is 1. The summed E-state index contributed by atoms with van der Waals surface area (Å²) in [5.74, 6) is -0.963. The monoisotopic (exact) mass is 220 g/mol. The third-order valence-electron chi connectivity index (χ3n) is 3.06. The molecule has 84 valence electrons. The van der Waals surface area contributed by atoms with Gasteiger partial charge in [-0.1, -0.05) is 13.0 Å². The van der Waals surface area contributed by atoms with Crippen molar-refractivity contribution in [3.63, 3.8) is 0 Å². The molecular weight excluding hydrogens is 207 g/mol. The van der Waals surface area contributed by atoms with Gasteiger partial charge in [0.15, 0.2) is 0 Å². The number of carbonyl (C=O) groups is 1. The summed E-state index contributed by atoms with van der Waals surface area (Å²) < 4.78 is 13.1. The Bertz CT molecular complexity index is 463. The maximum Gasteiger partial charge on any atom is 0.328 e. The van der Waals surface area contributed by atoms with Gasteiger partial charge in [0, 0.05) is 6.08 Å². The van der Waals surface area contributed by atoms with Crippen LogP contribution in [0.1, 0.15) is 36.8 Å². The van der Waals surface area contributed by atoms with Crippen molar-refractivity contribution in [1.29, 1.82) is 0 Å². The first-order valence-corrected chi connectivity index (χ1v) is 5.35. The van der Waals surface area contributed by atoms with Gasteiger partial charge in [0.05, 0.1) is 0 Å². The molecule has 0 amide bonds. The zero-order valence-corrected chi connectivity index (χ0v) is 9.03. The van der Waals surface area contributed by atoms with E-state index in [0.717, 1.165) is 23.1 Å². The molecule has 1 aliphatic rings. The van der Waals surface area contributed by atoms with Crippen molar-refractivity contribution < 1.29 is 14.3 Å². The molecular formula is C13H13FO2. The number of aliphatic carboxylic acids is 1. The molecule has 0 heterocycles. The molecule has 0 aliphatic heterocycles. The van der Waals surface area contributed by atoms with E-state index in [0.29, 0.717) is 12.3 Å². The van der Waals surface area contributed by atoms with E-state index in [1.165, 1.54) is 18.2 Å². The van der Waals surface area contributed by atoms with Gasteiger partial charge in [0.1, 0.15) is 5.82 Å². The Morgan fingerprint density at radius 3 is 3.00 bits per heavy atom. The molecule has 1 aromatic carbocycles. The lowest BCUT2D eigenvalue weighted by molar-refractivity contribution is -0.131. The van der Waals surface area contributed by atoms with Crippen LogP contribution in [0.2, 0.25) is 0 Å². The quantitative estimate of drug-likeness (QED) is 0.777. The largest absolute Gasteiger partial charge is 0.478 e. The van der Waals surface area contributed by atoms with Crippen LogP contribution in [0.15, 0.2) is 24.3 Å². The third-order valence-corrected chi connectivity index (χ3v) is 3.06. The van der Waals surface area contributed by atoms with Crippen LogP contribution in [-0.4, -0.2) is 11.1 Å². The summed E-state index contributed by atoms with van der Waals surface area (Å²) in [6.45, 7) is 2.06. The van der Waals surface area contributed by atoms with E-state index in [9.17, 15) is 9.18 Å². The number of benzene rings is 1. The smallest absolute Gasteiger partial charge is 0.328 e. The summed E-state index contributed by atoms with van der Waals surface area (Å²) in [6, 6.07) is 4.63. The standard InChI is InChI=1S/C13H13FO2/c1-2-8-5-9(6-13(15)16)12-7-10(14)3-4-11(8)12/h3-4,6-8H,2,5H2,1H3,(H,15,16)/b9-6+. The van der Waals surface area contributed by atoms with Crippen molar-refractivity contribution in [2.24, 2.45) is 0 Å². The summed E-state index contributed by atoms with van der Waals surface area (Å²) in [5, 5.41) is 8.76. The number of halogens is 1. The lowest BCUT2D eigenvalue weighted by atomic mass is 9.99. The first kappa shape index (κ1) is 10.9. The molecule has 0 bridgehead atoms. The Hall–Kier alpha value is -1.64. The second kappa shape index (κ2) is 4.08. The summed E-state index contributed by atoms with van der Waals surface area (Å²) in [6.07, 6.45) is 2.82. The molecule has 1 N–H and O–H groups in total. The summed E-state index contributed by atoms with van der Waals surface area (Å²) in [4.78, 5) is 10.7. The molecule has 16 heavy (non-hydrogen) atoms. The average molecular weight is 220 g/mol. The van der Waals surface area contributed by atoms with Crippen molar-refractivity contribution >= 4 is 11.5 Å². The highest BCUT2D eigenvalue weighted by molar-refractivity contribution is 5.92. The zero-order valence-electron chi connectivity index (χ0n) is 9.03. The molecule has 0 saturated carbocycles. The molecule has 3 heteroatoms. The summed E-state index contributed by atoms with van der Waals surface area (Å²) in [5.41, 5.74) is 2.56. The minimum absolute atomic E-state index is 0.313. The van der Waals surface area contributed by atoms with Gasteiger partial charge in [-0.25, -0.2) is 9.18 Å². The third kappa shape index (κ3) is 1.85. The van der Waals surface area contributed by atoms with Crippen LogP contribution in [0.3, 0.4) is 0 Å². The van der Waals surface area contributed by atoms with E-state index in [4.69, 9.17) is 5.11 Å². The predicted octanol–water partition coefficient (Wildman–Crippen LogP) is 3.19. The Balaban J connectivity index is 2.51. The van der Waals surface area contributed by atoms with Crippen LogP contribution >= 0.6 is 0 Å². The first-order valence-electron chi connectivity index (χ1n) is 5.35. The summed E-state index contributed by atoms with van der Waals surface area (Å²) in [7, 11) is 0. The van der Waals surface area contributed by atoms with Gasteiger partial charge in [0.2, 0.25) is 0 Å². The Morgan fingerprint density at radius 2 is 2.38 bits per heavy atom. The van der Waals surface area contributed by atoms with Crippen molar-refractivity contribution in [3.8, 4) is 0 Å². The second-order valence-corrected chi connectivity index (χ2v) is 4.05. The number of hydrogen-bond donors (Lipinski definition) is 1. The fraction of sp³-hybridized carbons (Fsp3) is 0.308. The topological polar surface area (TPSA) is 37.3 Å². The highest BCUT2D eigenvalue weighted by Gasteiger charge is 2.25. The Kier molecular flexibility index (Phi) is 2.77. The van der Waals surface area contributed by atoms with Crippen molar-refractivity contribution in [1.82, 2.24) is 0 Å². The fourth-order valence-corrected chi connectivity index (χ4v) is 2.30. The number of carboxylic acid groups (broad SMARTS) is 1. The highest BCUT2D eigenvalue weighted by atomic mass is 19.1. The highest BCUT2D eigenvalue weighted by Crippen LogP contribution is 2.42. The van der Waals surface area contributed by atoms with Crippen LogP contribution in [0, 0.1) is 5.82 Å². The van der Waals surface area contributed by atoms with Gasteiger partial charge in [-0.2, -0.15) is 0 Å². The zero-order chi connectivity index (χ0) is 11.7. The second-order valence-electron chi connectivity index (χ2n) is 4.05. The minimum atomic E-state index is -0.970. The fourth-order valence-electron chi connectivity index (χ4n) is 2.30. The van der Waals surface area contributed by atoms with Crippen LogP contribution in [-0.2, 0) is 4.79 Å². The first-order chi connectivity index (χ1) is 7.61. The lowest BCUT2D eigenvalue weighted by Crippen LogP contribution is -1.90. The average Bonchev–Trinajstić information content (AvgIpc) is 2.55. The van der Waals surface area contributed by atoms with Crippen LogP contribution in [0.4, 0.5) is 4.39 Å². The normalized spacial score (nSPS) is 21.1. The molecule has 2 nitrogen and oxygen atoms in total. The molecule has 1 aromatic rings. The summed E-state index contributed by atoms with van der Waals surface area (Å²) >= 11 is 0. The molecule has 1 atom stereocenters. The molecule has 0 spiro atoms. The van der Waals surface area contributed by atoms with Gasteiger partial charge in [-0.15, -0.1) is 0 Å². The van der Waals surface area contributed by atoms with Crippen LogP contribution in [0.5, 0.6) is 0 Å². The Labute approximate surface area is 93.4 Å². The van der Waals surface area contributed by atoms with Gasteiger partial charge in [-0.05, 0) is 47.6 Å². The maximum absolute atomic E-state index is 13.1. The van der Waals surface area contributed by atoms with Crippen LogP contribution in [0.25, 0.3) is 5.57 Å². The van der Waals surface area contributed by atoms with Gasteiger partial charge in [-0.3, -0.25) is 0 Å². The van der Waals surface area contributed by atoms with E-state index < -0.39 is 5.97 Å². The lowest BCUT2D eigenvalue weighted by Gasteiger charge is -2.06. The van der Waals surface area contributed by atoms with Gasteiger partial charge < -0.3 is 5.11 Å². The number of carboxylic acids is 1. The minimum Gasteiger partial charge on any atom is -0.478 e. The molecule has 0 saturated heterocycles. The maximum atomic E-state index is 13.1. The molecule has 0 radical (unpaired) electrons. The molecule has 1 unspecified atom stereocenters. The SMILES string of the molecule is CCC1C/C(=C\C(=O)O)c2cc(F)ccc21. The van der Waals surface area contributed by atoms with Crippen LogP contribution < -0.4 is 0 Å². The van der Waals surface area contributed by atoms with Crippen molar-refractivity contribution in [2.75, 3.05) is 0 Å². The molecule has 0 aromatic heterocycles. The Morgan fingerprint density at radius 1 is 1.62 bits per heavy atom. The molecule has 1 aliphatic carbocycles. The van der Waals surface area contributed by atoms with E-state index in [1.807, 2.05) is 0 Å². The van der Waals surface area contributed by atoms with E-state index in [-0.39, 0.29) is 5.82 Å². The van der Waals surface area contributed by atoms with E-state index >= 15 is 0 Å². The number of allylic oxidation sites excluding steroid dienone is 1. The van der Waals surface area contributed by atoms with E-state index in [2.05, 4.69) is 6.92 Å². The molecule has 0 fully saturated rings. The van der Waals surface area contributed by atoms with Gasteiger partial charge in [0.25, 0.3) is 0 Å².